The summed E-state index contributed by atoms with van der Waals surface area (Å²) >= 11 is 1.55. The van der Waals surface area contributed by atoms with Gasteiger partial charge in [0.1, 0.15) is 10.8 Å². The Kier molecular flexibility index (Phi) is 7.57. The van der Waals surface area contributed by atoms with Crippen LogP contribution in [0, 0.1) is 6.92 Å². The predicted octanol–water partition coefficient (Wildman–Crippen LogP) is 5.15. The molecule has 7 nitrogen and oxygen atoms in total. The van der Waals surface area contributed by atoms with E-state index in [2.05, 4.69) is 38.7 Å². The van der Waals surface area contributed by atoms with E-state index < -0.39 is 0 Å². The molecule has 3 N–H and O–H groups in total. The number of allylic oxidation sites excluding steroid dienone is 2. The zero-order valence-corrected chi connectivity index (χ0v) is 20.3. The monoisotopic (exact) mass is 461 g/mol. The van der Waals surface area contributed by atoms with Gasteiger partial charge in [-0.2, -0.15) is 0 Å². The molecule has 0 bridgehead atoms. The van der Waals surface area contributed by atoms with Crippen molar-refractivity contribution in [3.63, 3.8) is 0 Å². The zero-order chi connectivity index (χ0) is 23.2. The number of benzene rings is 1. The molecule has 172 valence electrons. The molecule has 0 atom stereocenters. The van der Waals surface area contributed by atoms with Crippen LogP contribution < -0.4 is 11.1 Å². The van der Waals surface area contributed by atoms with E-state index in [0.717, 1.165) is 70.3 Å². The second-order valence-corrected chi connectivity index (χ2v) is 9.47. The summed E-state index contributed by atoms with van der Waals surface area (Å²) in [4.78, 5) is 14.1. The van der Waals surface area contributed by atoms with Crippen LogP contribution >= 0.6 is 11.3 Å². The van der Waals surface area contributed by atoms with E-state index in [1.165, 1.54) is 0 Å². The molecule has 1 aliphatic carbocycles. The van der Waals surface area contributed by atoms with Gasteiger partial charge >= 0.3 is 0 Å². The number of aliphatic imine (C=N–C) groups is 1. The second-order valence-electron chi connectivity index (χ2n) is 8.29. The molecule has 0 amide bonds. The smallest absolute Gasteiger partial charge is 0.161 e. The first kappa shape index (κ1) is 23.2. The fourth-order valence-electron chi connectivity index (χ4n) is 3.99. The highest BCUT2D eigenvalue weighted by molar-refractivity contribution is 7.14. The highest BCUT2D eigenvalue weighted by atomic mass is 32.1. The van der Waals surface area contributed by atoms with Gasteiger partial charge in [0.25, 0.3) is 0 Å². The fraction of sp³-hybridized carbons (Fsp3) is 0.400. The van der Waals surface area contributed by atoms with Crippen molar-refractivity contribution >= 4 is 28.9 Å². The summed E-state index contributed by atoms with van der Waals surface area (Å²) < 4.78 is 0. The van der Waals surface area contributed by atoms with E-state index in [1.54, 1.807) is 11.3 Å². The Labute approximate surface area is 199 Å². The molecule has 1 aromatic carbocycles. The van der Waals surface area contributed by atoms with Crippen LogP contribution in [0.1, 0.15) is 50.1 Å². The van der Waals surface area contributed by atoms with Gasteiger partial charge in [-0.3, -0.25) is 4.99 Å². The molecule has 1 fully saturated rings. The van der Waals surface area contributed by atoms with Crippen molar-refractivity contribution < 1.29 is 0 Å². The number of nitrogens with one attached hydrogen (secondary N) is 1. The number of nitrogens with two attached hydrogens (primary N) is 1. The molecule has 0 saturated heterocycles. The minimum Gasteiger partial charge on any atom is -0.367 e. The predicted molar refractivity (Wildman–Crippen MR) is 138 cm³/mol. The number of hydrogen-bond acceptors (Lipinski definition) is 8. The van der Waals surface area contributed by atoms with Crippen LogP contribution in [0.25, 0.3) is 27.5 Å². The minimum atomic E-state index is 0.300. The van der Waals surface area contributed by atoms with Gasteiger partial charge in [0.2, 0.25) is 0 Å². The maximum Gasteiger partial charge on any atom is 0.161 e. The number of nitrogens with zero attached hydrogens (tertiary/aromatic N) is 5. The van der Waals surface area contributed by atoms with Gasteiger partial charge < -0.3 is 11.1 Å². The molecule has 4 rings (SSSR count). The van der Waals surface area contributed by atoms with Gasteiger partial charge in [0, 0.05) is 36.6 Å². The molecule has 0 unspecified atom stereocenters. The van der Waals surface area contributed by atoms with Gasteiger partial charge in [-0.15, -0.1) is 10.2 Å². The van der Waals surface area contributed by atoms with Crippen LogP contribution in [0.3, 0.4) is 0 Å². The van der Waals surface area contributed by atoms with Crippen molar-refractivity contribution in [2.24, 2.45) is 10.7 Å². The third-order valence-electron chi connectivity index (χ3n) is 5.84. The van der Waals surface area contributed by atoms with Crippen molar-refractivity contribution in [2.45, 2.75) is 58.5 Å². The van der Waals surface area contributed by atoms with Crippen molar-refractivity contribution in [3.8, 4) is 22.0 Å². The number of aromatic nitrogens is 4. The van der Waals surface area contributed by atoms with Crippen LogP contribution in [0.5, 0.6) is 0 Å². The Balaban J connectivity index is 1.69. The van der Waals surface area contributed by atoms with E-state index in [0.29, 0.717) is 17.9 Å². The number of rotatable bonds is 7. The van der Waals surface area contributed by atoms with Gasteiger partial charge in [-0.1, -0.05) is 35.6 Å². The highest BCUT2D eigenvalue weighted by Gasteiger charge is 2.22. The van der Waals surface area contributed by atoms with Crippen LogP contribution in [0.15, 0.2) is 41.5 Å². The fourth-order valence-corrected chi connectivity index (χ4v) is 4.70. The molecule has 33 heavy (non-hydrogen) atoms. The summed E-state index contributed by atoms with van der Waals surface area (Å²) in [5.41, 5.74) is 10.1. The van der Waals surface area contributed by atoms with Crippen molar-refractivity contribution in [3.05, 3.63) is 47.1 Å². The Bertz CT molecular complexity index is 1140. The van der Waals surface area contributed by atoms with Crippen LogP contribution in [-0.2, 0) is 0 Å². The lowest BCUT2D eigenvalue weighted by atomic mass is 9.92. The molecule has 0 spiro atoms. The average molecular weight is 462 g/mol. The molecule has 0 aliphatic heterocycles. The van der Waals surface area contributed by atoms with Gasteiger partial charge in [0.05, 0.1) is 5.56 Å². The first-order chi connectivity index (χ1) is 16.1. The number of anilines is 1. The van der Waals surface area contributed by atoms with Gasteiger partial charge in [-0.05, 0) is 63.7 Å². The molecule has 8 heteroatoms. The van der Waals surface area contributed by atoms with Crippen molar-refractivity contribution in [1.29, 1.82) is 0 Å². The largest absolute Gasteiger partial charge is 0.367 e. The van der Waals surface area contributed by atoms with E-state index >= 15 is 0 Å². The first-order valence-electron chi connectivity index (χ1n) is 11.5. The lowest BCUT2D eigenvalue weighted by Crippen LogP contribution is -2.33. The quantitative estimate of drug-likeness (QED) is 0.472. The average Bonchev–Trinajstić information content (AvgIpc) is 3.27. The van der Waals surface area contributed by atoms with Crippen LogP contribution in [0.2, 0.25) is 0 Å². The molecule has 1 saturated carbocycles. The first-order valence-corrected chi connectivity index (χ1v) is 12.4. The van der Waals surface area contributed by atoms with Crippen LogP contribution in [-0.4, -0.2) is 45.0 Å². The minimum absolute atomic E-state index is 0.300. The lowest BCUT2D eigenvalue weighted by molar-refractivity contribution is 0.410. The second kappa shape index (κ2) is 10.8. The standard InChI is InChI=1S/C25H31N7S/c1-4-17(14-27-5-2)18-7-6-8-19(13-18)23-28-15-22(25-32-31-16(3)33-25)24(30-23)29-21-11-9-20(26)10-12-21/h4,6-8,13-15,20-21H,5,9-12,26H2,1-3H3,(H,28,29,30)/b17-4+,27-14?. The number of hydrogen-bond donors (Lipinski definition) is 2. The maximum atomic E-state index is 6.11. The Morgan fingerprint density at radius 3 is 2.76 bits per heavy atom. The van der Waals surface area contributed by atoms with Crippen molar-refractivity contribution in [1.82, 2.24) is 20.2 Å². The third kappa shape index (κ3) is 5.69. The third-order valence-corrected chi connectivity index (χ3v) is 6.71. The highest BCUT2D eigenvalue weighted by Crippen LogP contribution is 2.32. The molecule has 0 radical (unpaired) electrons. The Hall–Kier alpha value is -2.97. The SMILES string of the molecule is C/C=C(\C=NCC)c1cccc(-c2ncc(-c3nnc(C)s3)c(NC3CCC(N)CC3)n2)c1. The molecule has 3 aromatic rings. The lowest BCUT2D eigenvalue weighted by Gasteiger charge is -2.27. The molecular formula is C25H31N7S. The van der Waals surface area contributed by atoms with Gasteiger partial charge in [0.15, 0.2) is 10.8 Å². The number of aryl methyl sites for hydroxylation is 1. The van der Waals surface area contributed by atoms with Crippen LogP contribution in [0.4, 0.5) is 5.82 Å². The maximum absolute atomic E-state index is 6.11. The zero-order valence-electron chi connectivity index (χ0n) is 19.5. The molecule has 2 aromatic heterocycles. The summed E-state index contributed by atoms with van der Waals surface area (Å²) in [5, 5.41) is 13.9. The Morgan fingerprint density at radius 2 is 2.06 bits per heavy atom. The van der Waals surface area contributed by atoms with E-state index in [4.69, 9.17) is 15.7 Å². The molecular weight excluding hydrogens is 430 g/mol. The van der Waals surface area contributed by atoms with Gasteiger partial charge in [-0.25, -0.2) is 9.97 Å². The summed E-state index contributed by atoms with van der Waals surface area (Å²) in [6, 6.07) is 8.92. The molecule has 2 heterocycles. The Morgan fingerprint density at radius 1 is 1.24 bits per heavy atom. The van der Waals surface area contributed by atoms with Crippen molar-refractivity contribution in [2.75, 3.05) is 11.9 Å². The summed E-state index contributed by atoms with van der Waals surface area (Å²) in [7, 11) is 0. The van der Waals surface area contributed by atoms with E-state index in [1.807, 2.05) is 45.3 Å². The summed E-state index contributed by atoms with van der Waals surface area (Å²) in [5.74, 6) is 1.49. The van der Waals surface area contributed by atoms with E-state index in [9.17, 15) is 0 Å². The summed E-state index contributed by atoms with van der Waals surface area (Å²) in [6.07, 6.45) is 9.97. The summed E-state index contributed by atoms with van der Waals surface area (Å²) in [6.45, 7) is 6.77. The van der Waals surface area contributed by atoms with E-state index in [-0.39, 0.29) is 0 Å². The topological polar surface area (TPSA) is 102 Å². The molecule has 1 aliphatic rings. The normalized spacial score (nSPS) is 19.2.